The van der Waals surface area contributed by atoms with E-state index in [0.717, 1.165) is 16.5 Å². The van der Waals surface area contributed by atoms with Gasteiger partial charge in [0.25, 0.3) is 0 Å². The first-order chi connectivity index (χ1) is 13.5. The number of rotatable bonds is 3. The Morgan fingerprint density at radius 2 is 1.68 bits per heavy atom. The Morgan fingerprint density at radius 3 is 2.39 bits per heavy atom. The van der Waals surface area contributed by atoms with Crippen LogP contribution < -0.4 is 10.4 Å². The Bertz CT molecular complexity index is 1230. The van der Waals surface area contributed by atoms with Gasteiger partial charge in [0.15, 0.2) is 0 Å². The molecule has 4 rings (SSSR count). The van der Waals surface area contributed by atoms with E-state index in [1.54, 1.807) is 19.1 Å². The average molecular weight is 374 g/mol. The molecule has 0 radical (unpaired) electrons. The Hall–Kier alpha value is -3.73. The molecule has 0 saturated carbocycles. The standard InChI is InChI=1S/C23H15FO4/c1-14-20(27-23(26)16-7-9-17(24)10-8-16)12-11-18-19(13-21(25)28-22(14)18)15-5-3-2-4-6-15/h2-13H,1H3. The van der Waals surface area contributed by atoms with Gasteiger partial charge in [0, 0.05) is 17.0 Å². The summed E-state index contributed by atoms with van der Waals surface area (Å²) in [6, 6.07) is 19.4. The van der Waals surface area contributed by atoms with E-state index in [0.29, 0.717) is 11.1 Å². The molecule has 4 nitrogen and oxygen atoms in total. The molecule has 0 bridgehead atoms. The second kappa shape index (κ2) is 7.12. The zero-order valence-corrected chi connectivity index (χ0v) is 14.9. The van der Waals surface area contributed by atoms with Crippen molar-refractivity contribution in [1.29, 1.82) is 0 Å². The summed E-state index contributed by atoms with van der Waals surface area (Å²) in [4.78, 5) is 24.4. The Balaban J connectivity index is 1.78. The maximum Gasteiger partial charge on any atom is 0.343 e. The summed E-state index contributed by atoms with van der Waals surface area (Å²) in [5.74, 6) is -0.784. The van der Waals surface area contributed by atoms with E-state index in [-0.39, 0.29) is 11.3 Å². The van der Waals surface area contributed by atoms with Gasteiger partial charge in [0.1, 0.15) is 17.1 Å². The fourth-order valence-corrected chi connectivity index (χ4v) is 3.05. The van der Waals surface area contributed by atoms with Crippen molar-refractivity contribution in [3.8, 4) is 16.9 Å². The highest BCUT2D eigenvalue weighted by molar-refractivity contribution is 5.97. The zero-order valence-electron chi connectivity index (χ0n) is 14.9. The molecule has 0 aliphatic carbocycles. The maximum atomic E-state index is 13.0. The zero-order chi connectivity index (χ0) is 19.7. The maximum absolute atomic E-state index is 13.0. The van der Waals surface area contributed by atoms with Gasteiger partial charge in [-0.3, -0.25) is 0 Å². The Kier molecular flexibility index (Phi) is 4.49. The van der Waals surface area contributed by atoms with Crippen molar-refractivity contribution in [3.63, 3.8) is 0 Å². The third-order valence-corrected chi connectivity index (χ3v) is 4.48. The molecule has 0 atom stereocenters. The molecular weight excluding hydrogens is 359 g/mol. The van der Waals surface area contributed by atoms with Crippen LogP contribution in [0.15, 0.2) is 82.0 Å². The lowest BCUT2D eigenvalue weighted by Gasteiger charge is -2.11. The van der Waals surface area contributed by atoms with Gasteiger partial charge in [-0.15, -0.1) is 0 Å². The van der Waals surface area contributed by atoms with Crippen LogP contribution >= 0.6 is 0 Å². The first-order valence-electron chi connectivity index (χ1n) is 8.63. The first kappa shape index (κ1) is 17.7. The van der Waals surface area contributed by atoms with Gasteiger partial charge < -0.3 is 9.15 Å². The molecule has 1 heterocycles. The van der Waals surface area contributed by atoms with Crippen molar-refractivity contribution < 1.29 is 18.3 Å². The largest absolute Gasteiger partial charge is 0.423 e. The van der Waals surface area contributed by atoms with Crippen molar-refractivity contribution in [2.75, 3.05) is 0 Å². The number of fused-ring (bicyclic) bond motifs is 1. The fraction of sp³-hybridized carbons (Fsp3) is 0.0435. The highest BCUT2D eigenvalue weighted by Crippen LogP contribution is 2.33. The summed E-state index contributed by atoms with van der Waals surface area (Å²) >= 11 is 0. The van der Waals surface area contributed by atoms with E-state index < -0.39 is 17.4 Å². The summed E-state index contributed by atoms with van der Waals surface area (Å²) < 4.78 is 23.9. The molecule has 0 aliphatic heterocycles. The second-order valence-electron chi connectivity index (χ2n) is 6.31. The minimum atomic E-state index is -0.621. The van der Waals surface area contributed by atoms with Crippen LogP contribution in [0.25, 0.3) is 22.1 Å². The average Bonchev–Trinajstić information content (AvgIpc) is 2.71. The van der Waals surface area contributed by atoms with Crippen LogP contribution in [0.5, 0.6) is 5.75 Å². The van der Waals surface area contributed by atoms with Gasteiger partial charge >= 0.3 is 11.6 Å². The van der Waals surface area contributed by atoms with Gasteiger partial charge in [-0.25, -0.2) is 14.0 Å². The van der Waals surface area contributed by atoms with Gasteiger partial charge in [-0.1, -0.05) is 30.3 Å². The number of ether oxygens (including phenoxy) is 1. The van der Waals surface area contributed by atoms with E-state index in [9.17, 15) is 14.0 Å². The Labute approximate surface area is 159 Å². The SMILES string of the molecule is Cc1c(OC(=O)c2ccc(F)cc2)ccc2c(-c3ccccc3)cc(=O)oc12. The molecule has 0 N–H and O–H groups in total. The van der Waals surface area contributed by atoms with E-state index in [2.05, 4.69) is 0 Å². The van der Waals surface area contributed by atoms with Crippen LogP contribution in [-0.2, 0) is 0 Å². The lowest BCUT2D eigenvalue weighted by atomic mass is 10.0. The quantitative estimate of drug-likeness (QED) is 0.283. The molecule has 3 aromatic carbocycles. The number of benzene rings is 3. The minimum Gasteiger partial charge on any atom is -0.423 e. The highest BCUT2D eigenvalue weighted by Gasteiger charge is 2.16. The number of carbonyl (C=O) groups is 1. The van der Waals surface area contributed by atoms with Gasteiger partial charge in [-0.05, 0) is 54.4 Å². The minimum absolute atomic E-state index is 0.223. The molecule has 0 unspecified atom stereocenters. The Morgan fingerprint density at radius 1 is 0.964 bits per heavy atom. The normalized spacial score (nSPS) is 10.8. The molecule has 0 saturated heterocycles. The molecule has 0 aliphatic rings. The number of halogens is 1. The molecule has 5 heteroatoms. The number of hydrogen-bond acceptors (Lipinski definition) is 4. The summed E-state index contributed by atoms with van der Waals surface area (Å²) in [5.41, 5.74) is 2.25. The van der Waals surface area contributed by atoms with Crippen molar-refractivity contribution >= 4 is 16.9 Å². The predicted octanol–water partition coefficient (Wildman–Crippen LogP) is 5.13. The number of aryl methyl sites for hydroxylation is 1. The molecule has 0 fully saturated rings. The lowest BCUT2D eigenvalue weighted by Crippen LogP contribution is -2.09. The van der Waals surface area contributed by atoms with Gasteiger partial charge in [0.2, 0.25) is 0 Å². The van der Waals surface area contributed by atoms with E-state index in [4.69, 9.17) is 9.15 Å². The van der Waals surface area contributed by atoms with Crippen LogP contribution in [0.1, 0.15) is 15.9 Å². The number of carbonyl (C=O) groups excluding carboxylic acids is 1. The van der Waals surface area contributed by atoms with Crippen molar-refractivity contribution in [1.82, 2.24) is 0 Å². The van der Waals surface area contributed by atoms with Crippen molar-refractivity contribution in [2.45, 2.75) is 6.92 Å². The molecule has 0 spiro atoms. The van der Waals surface area contributed by atoms with Crippen LogP contribution in [0.3, 0.4) is 0 Å². The van der Waals surface area contributed by atoms with E-state index in [1.807, 2.05) is 30.3 Å². The molecule has 0 amide bonds. The molecule has 4 aromatic rings. The molecular formula is C23H15FO4. The summed E-state index contributed by atoms with van der Waals surface area (Å²) in [6.45, 7) is 1.72. The second-order valence-corrected chi connectivity index (χ2v) is 6.31. The number of esters is 1. The van der Waals surface area contributed by atoms with E-state index in [1.165, 1.54) is 30.3 Å². The molecule has 138 valence electrons. The monoisotopic (exact) mass is 374 g/mol. The third-order valence-electron chi connectivity index (χ3n) is 4.48. The van der Waals surface area contributed by atoms with Crippen LogP contribution in [-0.4, -0.2) is 5.97 Å². The first-order valence-corrected chi connectivity index (χ1v) is 8.63. The van der Waals surface area contributed by atoms with Gasteiger partial charge in [-0.2, -0.15) is 0 Å². The fourth-order valence-electron chi connectivity index (χ4n) is 3.05. The summed E-state index contributed by atoms with van der Waals surface area (Å²) in [6.07, 6.45) is 0. The molecule has 1 aromatic heterocycles. The summed E-state index contributed by atoms with van der Waals surface area (Å²) in [5, 5.41) is 0.741. The smallest absolute Gasteiger partial charge is 0.343 e. The summed E-state index contributed by atoms with van der Waals surface area (Å²) in [7, 11) is 0. The predicted molar refractivity (Wildman–Crippen MR) is 104 cm³/mol. The van der Waals surface area contributed by atoms with E-state index >= 15 is 0 Å². The van der Waals surface area contributed by atoms with Crippen LogP contribution in [0.2, 0.25) is 0 Å². The lowest BCUT2D eigenvalue weighted by molar-refractivity contribution is 0.0733. The van der Waals surface area contributed by atoms with Crippen molar-refractivity contribution in [3.05, 3.63) is 100 Å². The molecule has 28 heavy (non-hydrogen) atoms. The third kappa shape index (κ3) is 3.30. The topological polar surface area (TPSA) is 56.5 Å². The van der Waals surface area contributed by atoms with Crippen LogP contribution in [0, 0.1) is 12.7 Å². The number of hydrogen-bond donors (Lipinski definition) is 0. The van der Waals surface area contributed by atoms with Crippen molar-refractivity contribution in [2.24, 2.45) is 0 Å². The van der Waals surface area contributed by atoms with Gasteiger partial charge in [0.05, 0.1) is 5.56 Å². The van der Waals surface area contributed by atoms with Crippen LogP contribution in [0.4, 0.5) is 4.39 Å². The highest BCUT2D eigenvalue weighted by atomic mass is 19.1.